The van der Waals surface area contributed by atoms with E-state index in [1.807, 2.05) is 23.3 Å². The quantitative estimate of drug-likeness (QED) is 0.532. The Hall–Kier alpha value is -3.01. The molecule has 0 spiro atoms. The Morgan fingerprint density at radius 2 is 1.48 bits per heavy atom. The summed E-state index contributed by atoms with van der Waals surface area (Å²) in [6.45, 7) is 4.17. The van der Waals surface area contributed by atoms with Crippen LogP contribution in [0, 0.1) is 13.8 Å². The molecule has 112 valence electrons. The van der Waals surface area contributed by atoms with Gasteiger partial charge in [-0.2, -0.15) is 4.57 Å². The minimum absolute atomic E-state index is 0.844. The van der Waals surface area contributed by atoms with Gasteiger partial charge in [0, 0.05) is 0 Å². The van der Waals surface area contributed by atoms with Gasteiger partial charge in [0.25, 0.3) is 0 Å². The van der Waals surface area contributed by atoms with Crippen LogP contribution in [0.15, 0.2) is 67.3 Å². The number of benzene rings is 2. The Balaban J connectivity index is 1.89. The van der Waals surface area contributed by atoms with Crippen LogP contribution in [0.2, 0.25) is 0 Å². The van der Waals surface area contributed by atoms with E-state index in [2.05, 4.69) is 76.9 Å². The van der Waals surface area contributed by atoms with Gasteiger partial charge in [0.1, 0.15) is 11.9 Å². The van der Waals surface area contributed by atoms with Gasteiger partial charge in [0.05, 0.1) is 11.9 Å². The summed E-state index contributed by atoms with van der Waals surface area (Å²) in [4.78, 5) is 9.10. The predicted molar refractivity (Wildman–Crippen MR) is 89.9 cm³/mol. The molecular weight excluding hydrogens is 284 g/mol. The standard InChI is InChI=1S/C19H17N4/c1-14-3-7-16(8-4-14)22-12-11-20-18-19(22)21-13-23(18)17-9-5-15(2)6-10-17/h3-13H,1-2H3/q+1. The Morgan fingerprint density at radius 1 is 0.826 bits per heavy atom. The lowest BCUT2D eigenvalue weighted by atomic mass is 10.2. The predicted octanol–water partition coefficient (Wildman–Crippen LogP) is 3.31. The lowest BCUT2D eigenvalue weighted by molar-refractivity contribution is -0.569. The second kappa shape index (κ2) is 5.32. The van der Waals surface area contributed by atoms with Gasteiger partial charge in [-0.1, -0.05) is 35.4 Å². The summed E-state index contributed by atoms with van der Waals surface area (Å²) in [5.41, 5.74) is 6.31. The average molecular weight is 301 g/mol. The number of aromatic nitrogens is 4. The van der Waals surface area contributed by atoms with Crippen molar-refractivity contribution in [3.63, 3.8) is 0 Å². The van der Waals surface area contributed by atoms with Crippen LogP contribution in [0.1, 0.15) is 11.1 Å². The van der Waals surface area contributed by atoms with Gasteiger partial charge >= 0.3 is 5.65 Å². The topological polar surface area (TPSA) is 34.6 Å². The van der Waals surface area contributed by atoms with Crippen molar-refractivity contribution in [2.24, 2.45) is 0 Å². The first-order chi connectivity index (χ1) is 11.2. The zero-order valence-electron chi connectivity index (χ0n) is 13.1. The van der Waals surface area contributed by atoms with Crippen LogP contribution < -0.4 is 4.57 Å². The molecule has 4 nitrogen and oxygen atoms in total. The van der Waals surface area contributed by atoms with E-state index in [1.54, 1.807) is 0 Å². The summed E-state index contributed by atoms with van der Waals surface area (Å²) in [6.07, 6.45) is 5.58. The van der Waals surface area contributed by atoms with Crippen LogP contribution in [-0.2, 0) is 0 Å². The molecule has 0 unspecified atom stereocenters. The fourth-order valence-electron chi connectivity index (χ4n) is 2.67. The summed E-state index contributed by atoms with van der Waals surface area (Å²) in [7, 11) is 0. The molecule has 0 amide bonds. The molecule has 2 aromatic heterocycles. The molecule has 2 heterocycles. The minimum Gasteiger partial charge on any atom is -0.257 e. The summed E-state index contributed by atoms with van der Waals surface area (Å²) in [6, 6.07) is 16.8. The maximum atomic E-state index is 4.58. The molecule has 0 aliphatic rings. The maximum Gasteiger partial charge on any atom is 0.373 e. The highest BCUT2D eigenvalue weighted by molar-refractivity contribution is 5.65. The first-order valence-corrected chi connectivity index (χ1v) is 7.60. The SMILES string of the molecule is Cc1ccc(-n2cnc3c2ncc[n+]3-c2ccc(C)cc2)cc1. The summed E-state index contributed by atoms with van der Waals surface area (Å²) in [5.74, 6) is 0. The van der Waals surface area contributed by atoms with Crippen molar-refractivity contribution < 1.29 is 4.57 Å². The van der Waals surface area contributed by atoms with Gasteiger partial charge in [-0.3, -0.25) is 4.57 Å². The summed E-state index contributed by atoms with van der Waals surface area (Å²) >= 11 is 0. The van der Waals surface area contributed by atoms with Crippen molar-refractivity contribution in [1.29, 1.82) is 0 Å². The molecule has 0 atom stereocenters. The Labute approximate surface area is 134 Å². The van der Waals surface area contributed by atoms with E-state index in [4.69, 9.17) is 0 Å². The molecule has 4 rings (SSSR count). The molecule has 0 N–H and O–H groups in total. The van der Waals surface area contributed by atoms with Gasteiger partial charge in [0.2, 0.25) is 12.0 Å². The third-order valence-corrected chi connectivity index (χ3v) is 3.99. The molecule has 4 aromatic rings. The van der Waals surface area contributed by atoms with Crippen LogP contribution in [0.25, 0.3) is 22.7 Å². The molecule has 0 aliphatic carbocycles. The van der Waals surface area contributed by atoms with E-state index >= 15 is 0 Å². The van der Waals surface area contributed by atoms with Crippen molar-refractivity contribution in [2.45, 2.75) is 13.8 Å². The van der Waals surface area contributed by atoms with Crippen molar-refractivity contribution in [3.05, 3.63) is 78.4 Å². The van der Waals surface area contributed by atoms with E-state index in [1.165, 1.54) is 11.1 Å². The fourth-order valence-corrected chi connectivity index (χ4v) is 2.67. The second-order valence-electron chi connectivity index (χ2n) is 5.73. The van der Waals surface area contributed by atoms with Gasteiger partial charge in [0.15, 0.2) is 0 Å². The van der Waals surface area contributed by atoms with Crippen LogP contribution in [0.4, 0.5) is 0 Å². The van der Waals surface area contributed by atoms with E-state index in [-0.39, 0.29) is 0 Å². The number of nitrogens with zero attached hydrogens (tertiary/aromatic N) is 4. The summed E-state index contributed by atoms with van der Waals surface area (Å²) in [5, 5.41) is 0. The smallest absolute Gasteiger partial charge is 0.257 e. The van der Waals surface area contributed by atoms with Crippen LogP contribution >= 0.6 is 0 Å². The maximum absolute atomic E-state index is 4.58. The zero-order valence-corrected chi connectivity index (χ0v) is 13.1. The molecule has 2 aromatic carbocycles. The fraction of sp³-hybridized carbons (Fsp3) is 0.105. The largest absolute Gasteiger partial charge is 0.373 e. The number of hydrogen-bond acceptors (Lipinski definition) is 2. The molecule has 0 saturated heterocycles. The Morgan fingerprint density at radius 3 is 2.17 bits per heavy atom. The van der Waals surface area contributed by atoms with Crippen molar-refractivity contribution in [2.75, 3.05) is 0 Å². The van der Waals surface area contributed by atoms with E-state index < -0.39 is 0 Å². The first-order valence-electron chi connectivity index (χ1n) is 7.60. The molecule has 4 heteroatoms. The van der Waals surface area contributed by atoms with Gasteiger partial charge < -0.3 is 0 Å². The molecule has 0 bridgehead atoms. The van der Waals surface area contributed by atoms with Gasteiger partial charge in [-0.25, -0.2) is 4.98 Å². The average Bonchev–Trinajstić information content (AvgIpc) is 3.00. The van der Waals surface area contributed by atoms with Crippen LogP contribution in [-0.4, -0.2) is 14.5 Å². The van der Waals surface area contributed by atoms with E-state index in [9.17, 15) is 0 Å². The molecule has 0 radical (unpaired) electrons. The highest BCUT2D eigenvalue weighted by Gasteiger charge is 2.18. The third-order valence-electron chi connectivity index (χ3n) is 3.99. The molecule has 0 saturated carbocycles. The first kappa shape index (κ1) is 13.6. The van der Waals surface area contributed by atoms with Crippen molar-refractivity contribution in [3.8, 4) is 11.4 Å². The highest BCUT2D eigenvalue weighted by Crippen LogP contribution is 2.15. The van der Waals surface area contributed by atoms with Crippen LogP contribution in [0.5, 0.6) is 0 Å². The van der Waals surface area contributed by atoms with Crippen molar-refractivity contribution >= 4 is 11.3 Å². The van der Waals surface area contributed by atoms with Gasteiger partial charge in [-0.15, -0.1) is 0 Å². The molecule has 0 aliphatic heterocycles. The third kappa shape index (κ3) is 2.38. The number of imidazole rings is 1. The minimum atomic E-state index is 0.844. The zero-order chi connectivity index (χ0) is 15.8. The number of hydrogen-bond donors (Lipinski definition) is 0. The normalized spacial score (nSPS) is 11.0. The van der Waals surface area contributed by atoms with Crippen molar-refractivity contribution in [1.82, 2.24) is 14.5 Å². The Kier molecular flexibility index (Phi) is 3.15. The lowest BCUT2D eigenvalue weighted by Gasteiger charge is -2.03. The molecule has 23 heavy (non-hydrogen) atoms. The Bertz CT molecular complexity index is 967. The van der Waals surface area contributed by atoms with Gasteiger partial charge in [-0.05, 0) is 43.1 Å². The number of rotatable bonds is 2. The van der Waals surface area contributed by atoms with E-state index in [0.29, 0.717) is 0 Å². The lowest BCUT2D eigenvalue weighted by Crippen LogP contribution is -2.31. The molecular formula is C19H17N4+. The monoisotopic (exact) mass is 301 g/mol. The highest BCUT2D eigenvalue weighted by atomic mass is 15.2. The van der Waals surface area contributed by atoms with Crippen LogP contribution in [0.3, 0.4) is 0 Å². The number of fused-ring (bicyclic) bond motifs is 1. The van der Waals surface area contributed by atoms with E-state index in [0.717, 1.165) is 22.7 Å². The molecule has 0 fully saturated rings. The number of aryl methyl sites for hydroxylation is 2. The summed E-state index contributed by atoms with van der Waals surface area (Å²) < 4.78 is 4.08. The second-order valence-corrected chi connectivity index (χ2v) is 5.73.